The normalized spacial score (nSPS) is 16.3. The van der Waals surface area contributed by atoms with Gasteiger partial charge in [0.15, 0.2) is 0 Å². The highest BCUT2D eigenvalue weighted by atomic mass is 19.1. The van der Waals surface area contributed by atoms with Gasteiger partial charge >= 0.3 is 6.09 Å². The molecule has 0 aromatic heterocycles. The number of carbonyl (C=O) groups is 3. The predicted octanol–water partition coefficient (Wildman–Crippen LogP) is 3.47. The summed E-state index contributed by atoms with van der Waals surface area (Å²) in [6.07, 6.45) is -0.781. The number of hydrogen-bond donors (Lipinski definition) is 3. The number of fused-ring (bicyclic) bond motifs is 1. The summed E-state index contributed by atoms with van der Waals surface area (Å²) in [5.41, 5.74) is 0.634. The molecule has 0 saturated heterocycles. The lowest BCUT2D eigenvalue weighted by Crippen LogP contribution is -2.50. The van der Waals surface area contributed by atoms with E-state index in [-0.39, 0.29) is 19.3 Å². The number of carbonyl (C=O) groups excluding carboxylic acids is 3. The number of benzene rings is 2. The van der Waals surface area contributed by atoms with Gasteiger partial charge in [-0.25, -0.2) is 13.6 Å². The molecule has 1 aliphatic rings. The van der Waals surface area contributed by atoms with E-state index in [1.165, 1.54) is 24.3 Å². The van der Waals surface area contributed by atoms with Crippen LogP contribution in [0.3, 0.4) is 0 Å². The van der Waals surface area contributed by atoms with Crippen molar-refractivity contribution < 1.29 is 27.9 Å². The Kier molecular flexibility index (Phi) is 7.30. The SMILES string of the molecule is CC(C)(C)OC(=O)N[C@@H](CC(=O)NC1Cc2cc(F)ccc2NC1=O)Cc1ccccc1F. The van der Waals surface area contributed by atoms with E-state index in [1.54, 1.807) is 39.0 Å². The average molecular weight is 459 g/mol. The van der Waals surface area contributed by atoms with E-state index in [0.717, 1.165) is 0 Å². The molecule has 0 aliphatic carbocycles. The van der Waals surface area contributed by atoms with Crippen LogP contribution in [-0.2, 0) is 27.2 Å². The first-order valence-electron chi connectivity index (χ1n) is 10.6. The number of alkyl carbamates (subject to hydrolysis) is 1. The summed E-state index contributed by atoms with van der Waals surface area (Å²) < 4.78 is 33.0. The molecule has 9 heteroatoms. The highest BCUT2D eigenvalue weighted by Crippen LogP contribution is 2.23. The average Bonchev–Trinajstić information content (AvgIpc) is 2.69. The number of amides is 3. The van der Waals surface area contributed by atoms with Crippen LogP contribution in [0.15, 0.2) is 42.5 Å². The van der Waals surface area contributed by atoms with Gasteiger partial charge in [0.1, 0.15) is 23.3 Å². The maximum absolute atomic E-state index is 14.2. The van der Waals surface area contributed by atoms with Gasteiger partial charge in [0, 0.05) is 24.6 Å². The first-order valence-corrected chi connectivity index (χ1v) is 10.6. The number of rotatable bonds is 6. The molecule has 1 aliphatic heterocycles. The molecular weight excluding hydrogens is 432 g/mol. The van der Waals surface area contributed by atoms with Gasteiger partial charge < -0.3 is 20.7 Å². The highest BCUT2D eigenvalue weighted by Gasteiger charge is 2.29. The summed E-state index contributed by atoms with van der Waals surface area (Å²) in [5, 5.41) is 7.88. The Morgan fingerprint density at radius 2 is 1.91 bits per heavy atom. The Balaban J connectivity index is 1.69. The number of anilines is 1. The fourth-order valence-corrected chi connectivity index (χ4v) is 3.56. The molecule has 0 spiro atoms. The third-order valence-electron chi connectivity index (χ3n) is 4.98. The molecule has 3 N–H and O–H groups in total. The topological polar surface area (TPSA) is 96.5 Å². The van der Waals surface area contributed by atoms with Crippen molar-refractivity contribution in [2.45, 2.75) is 57.7 Å². The monoisotopic (exact) mass is 459 g/mol. The van der Waals surface area contributed by atoms with E-state index in [0.29, 0.717) is 16.8 Å². The van der Waals surface area contributed by atoms with Crippen molar-refractivity contribution in [2.24, 2.45) is 0 Å². The molecule has 3 amide bonds. The van der Waals surface area contributed by atoms with Gasteiger partial charge in [0.2, 0.25) is 11.8 Å². The molecule has 3 rings (SSSR count). The lowest BCUT2D eigenvalue weighted by molar-refractivity contribution is -0.127. The van der Waals surface area contributed by atoms with Crippen molar-refractivity contribution in [2.75, 3.05) is 5.32 Å². The largest absolute Gasteiger partial charge is 0.444 e. The van der Waals surface area contributed by atoms with Crippen molar-refractivity contribution in [1.82, 2.24) is 10.6 Å². The summed E-state index contributed by atoms with van der Waals surface area (Å²) in [6.45, 7) is 5.11. The quantitative estimate of drug-likeness (QED) is 0.616. The van der Waals surface area contributed by atoms with Crippen LogP contribution < -0.4 is 16.0 Å². The van der Waals surface area contributed by atoms with E-state index in [9.17, 15) is 23.2 Å². The molecule has 33 heavy (non-hydrogen) atoms. The highest BCUT2D eigenvalue weighted by molar-refractivity contribution is 6.00. The van der Waals surface area contributed by atoms with Gasteiger partial charge in [-0.3, -0.25) is 9.59 Å². The van der Waals surface area contributed by atoms with Gasteiger partial charge in [-0.2, -0.15) is 0 Å². The van der Waals surface area contributed by atoms with Crippen LogP contribution in [0, 0.1) is 11.6 Å². The molecule has 0 radical (unpaired) electrons. The molecule has 0 bridgehead atoms. The summed E-state index contributed by atoms with van der Waals surface area (Å²) >= 11 is 0. The van der Waals surface area contributed by atoms with Crippen molar-refractivity contribution in [3.63, 3.8) is 0 Å². The van der Waals surface area contributed by atoms with Crippen molar-refractivity contribution in [1.29, 1.82) is 0 Å². The smallest absolute Gasteiger partial charge is 0.407 e. The van der Waals surface area contributed by atoms with Gasteiger partial charge in [-0.1, -0.05) is 18.2 Å². The minimum Gasteiger partial charge on any atom is -0.444 e. The maximum atomic E-state index is 14.2. The second-order valence-corrected chi connectivity index (χ2v) is 8.96. The molecule has 0 saturated carbocycles. The Labute approximate surface area is 190 Å². The zero-order chi connectivity index (χ0) is 24.2. The Bertz CT molecular complexity index is 1050. The first-order chi connectivity index (χ1) is 15.5. The minimum absolute atomic E-state index is 0.0459. The van der Waals surface area contributed by atoms with Crippen molar-refractivity contribution in [3.05, 3.63) is 65.2 Å². The first kappa shape index (κ1) is 24.2. The minimum atomic E-state index is -0.901. The van der Waals surface area contributed by atoms with Gasteiger partial charge in [-0.15, -0.1) is 0 Å². The molecule has 1 heterocycles. The van der Waals surface area contributed by atoms with Crippen molar-refractivity contribution in [3.8, 4) is 0 Å². The van der Waals surface area contributed by atoms with E-state index in [2.05, 4.69) is 16.0 Å². The molecule has 176 valence electrons. The van der Waals surface area contributed by atoms with Crippen LogP contribution >= 0.6 is 0 Å². The maximum Gasteiger partial charge on any atom is 0.407 e. The van der Waals surface area contributed by atoms with Gasteiger partial charge in [0.25, 0.3) is 0 Å². The second kappa shape index (κ2) is 9.97. The number of halogens is 2. The fraction of sp³-hybridized carbons (Fsp3) is 0.375. The zero-order valence-corrected chi connectivity index (χ0v) is 18.7. The van der Waals surface area contributed by atoms with E-state index < -0.39 is 47.2 Å². The lowest BCUT2D eigenvalue weighted by atomic mass is 9.98. The van der Waals surface area contributed by atoms with Gasteiger partial charge in [-0.05, 0) is 62.6 Å². The molecule has 1 unspecified atom stereocenters. The van der Waals surface area contributed by atoms with Crippen LogP contribution in [0.25, 0.3) is 0 Å². The third-order valence-corrected chi connectivity index (χ3v) is 4.98. The third kappa shape index (κ3) is 7.00. The summed E-state index contributed by atoms with van der Waals surface area (Å²) in [6, 6.07) is 8.40. The Hall–Kier alpha value is -3.49. The van der Waals surface area contributed by atoms with Crippen LogP contribution in [-0.4, -0.2) is 35.6 Å². The molecule has 2 atom stereocenters. The number of nitrogens with one attached hydrogen (secondary N) is 3. The molecule has 0 fully saturated rings. The zero-order valence-electron chi connectivity index (χ0n) is 18.7. The molecular formula is C24H27F2N3O4. The summed E-state index contributed by atoms with van der Waals surface area (Å²) in [7, 11) is 0. The predicted molar refractivity (Wildman–Crippen MR) is 119 cm³/mol. The van der Waals surface area contributed by atoms with E-state index in [4.69, 9.17) is 4.74 Å². The molecule has 7 nitrogen and oxygen atoms in total. The lowest BCUT2D eigenvalue weighted by Gasteiger charge is -2.27. The standard InChI is InChI=1S/C24H27F2N3O4/c1-24(2,3)33-23(32)27-17(11-14-6-4-5-7-18(14)26)13-21(30)28-20-12-15-10-16(25)8-9-19(15)29-22(20)31/h4-10,17,20H,11-13H2,1-3H3,(H,27,32)(H,28,30)(H,29,31)/t17-,20?/m1/s1. The Morgan fingerprint density at radius 3 is 2.61 bits per heavy atom. The van der Waals surface area contributed by atoms with E-state index >= 15 is 0 Å². The van der Waals surface area contributed by atoms with Gasteiger partial charge in [0.05, 0.1) is 0 Å². The Morgan fingerprint density at radius 1 is 1.18 bits per heavy atom. The number of ether oxygens (including phenoxy) is 1. The summed E-state index contributed by atoms with van der Waals surface area (Å²) in [4.78, 5) is 37.4. The molecule has 2 aromatic rings. The van der Waals surface area contributed by atoms with Crippen LogP contribution in [0.4, 0.5) is 19.3 Å². The second-order valence-electron chi connectivity index (χ2n) is 8.96. The van der Waals surface area contributed by atoms with Crippen LogP contribution in [0.1, 0.15) is 38.3 Å². The fourth-order valence-electron chi connectivity index (χ4n) is 3.56. The molecule has 2 aromatic carbocycles. The van der Waals surface area contributed by atoms with Crippen LogP contribution in [0.2, 0.25) is 0 Å². The number of hydrogen-bond acceptors (Lipinski definition) is 4. The summed E-state index contributed by atoms with van der Waals surface area (Å²) in [5.74, 6) is -1.85. The van der Waals surface area contributed by atoms with E-state index in [1.807, 2.05) is 0 Å². The van der Waals surface area contributed by atoms with Crippen LogP contribution in [0.5, 0.6) is 0 Å². The van der Waals surface area contributed by atoms with Crippen molar-refractivity contribution >= 4 is 23.6 Å².